The van der Waals surface area contributed by atoms with E-state index in [2.05, 4.69) is 14.5 Å². The highest BCUT2D eigenvalue weighted by atomic mass is 35.5. The predicted molar refractivity (Wildman–Crippen MR) is 87.1 cm³/mol. The summed E-state index contributed by atoms with van der Waals surface area (Å²) >= 11 is 5.86. The molecule has 0 saturated heterocycles. The number of rotatable bonds is 5. The number of methoxy groups -OCH3 is 1. The molecule has 0 aromatic heterocycles. The van der Waals surface area contributed by atoms with Crippen molar-refractivity contribution in [1.82, 2.24) is 0 Å². The highest BCUT2D eigenvalue weighted by Crippen LogP contribution is 2.24. The molecule has 0 N–H and O–H groups in total. The van der Waals surface area contributed by atoms with Crippen LogP contribution in [0.3, 0.4) is 0 Å². The maximum Gasteiger partial charge on any atom is 0.573 e. The molecular formula is C17H13ClF3NO3. The number of carbonyl (C=O) groups is 1. The SMILES string of the molecule is COC(=O)CN=C(c1ccc(Cl)cc1)c1ccc(OC(F)(F)F)cc1. The smallest absolute Gasteiger partial charge is 0.468 e. The lowest BCUT2D eigenvalue weighted by Crippen LogP contribution is -2.17. The van der Waals surface area contributed by atoms with Crippen LogP contribution in [0.4, 0.5) is 13.2 Å². The molecule has 0 heterocycles. The summed E-state index contributed by atoms with van der Waals surface area (Å²) in [5.74, 6) is -0.886. The number of aliphatic imine (C=N–C) groups is 1. The van der Waals surface area contributed by atoms with Crippen LogP contribution in [0, 0.1) is 0 Å². The van der Waals surface area contributed by atoms with Crippen molar-refractivity contribution < 1.29 is 27.4 Å². The van der Waals surface area contributed by atoms with Crippen LogP contribution in [0.25, 0.3) is 0 Å². The first kappa shape index (κ1) is 18.8. The molecule has 0 spiro atoms. The van der Waals surface area contributed by atoms with Gasteiger partial charge in [0.25, 0.3) is 0 Å². The fourth-order valence-corrected chi connectivity index (χ4v) is 2.11. The molecule has 4 nitrogen and oxygen atoms in total. The van der Waals surface area contributed by atoms with E-state index in [0.29, 0.717) is 21.9 Å². The molecule has 0 radical (unpaired) electrons. The first-order valence-electron chi connectivity index (χ1n) is 7.02. The number of benzene rings is 2. The number of esters is 1. The third kappa shape index (κ3) is 5.79. The summed E-state index contributed by atoms with van der Waals surface area (Å²) in [6, 6.07) is 11.9. The summed E-state index contributed by atoms with van der Waals surface area (Å²) in [6.07, 6.45) is -4.76. The van der Waals surface area contributed by atoms with Gasteiger partial charge in [-0.2, -0.15) is 0 Å². The van der Waals surface area contributed by atoms with Crippen molar-refractivity contribution in [2.75, 3.05) is 13.7 Å². The van der Waals surface area contributed by atoms with E-state index in [1.54, 1.807) is 24.3 Å². The van der Waals surface area contributed by atoms with Gasteiger partial charge in [0, 0.05) is 16.1 Å². The number of ether oxygens (including phenoxy) is 2. The largest absolute Gasteiger partial charge is 0.573 e. The van der Waals surface area contributed by atoms with Crippen molar-refractivity contribution in [2.45, 2.75) is 6.36 Å². The summed E-state index contributed by atoms with van der Waals surface area (Å²) < 4.78 is 45.1. The molecule has 0 aliphatic carbocycles. The second-order valence-electron chi connectivity index (χ2n) is 4.82. The Morgan fingerprint density at radius 2 is 1.56 bits per heavy atom. The second kappa shape index (κ2) is 8.02. The van der Waals surface area contributed by atoms with Crippen LogP contribution >= 0.6 is 11.6 Å². The normalized spacial score (nSPS) is 12.0. The molecule has 2 rings (SSSR count). The van der Waals surface area contributed by atoms with E-state index < -0.39 is 12.3 Å². The molecule has 0 amide bonds. The Labute approximate surface area is 146 Å². The molecule has 25 heavy (non-hydrogen) atoms. The van der Waals surface area contributed by atoms with Crippen LogP contribution in [-0.2, 0) is 9.53 Å². The van der Waals surface area contributed by atoms with Crippen molar-refractivity contribution in [1.29, 1.82) is 0 Å². The lowest BCUT2D eigenvalue weighted by Gasteiger charge is -2.11. The highest BCUT2D eigenvalue weighted by molar-refractivity contribution is 6.30. The Balaban J connectivity index is 2.34. The first-order valence-corrected chi connectivity index (χ1v) is 7.39. The summed E-state index contributed by atoms with van der Waals surface area (Å²) in [4.78, 5) is 15.6. The molecule has 0 unspecified atom stereocenters. The summed E-state index contributed by atoms with van der Waals surface area (Å²) in [6.45, 7) is -0.227. The molecule has 0 fully saturated rings. The molecule has 8 heteroatoms. The van der Waals surface area contributed by atoms with Crippen LogP contribution in [-0.4, -0.2) is 31.7 Å². The van der Waals surface area contributed by atoms with Crippen molar-refractivity contribution in [3.8, 4) is 5.75 Å². The van der Waals surface area contributed by atoms with Crippen LogP contribution < -0.4 is 4.74 Å². The number of halogens is 4. The van der Waals surface area contributed by atoms with E-state index in [9.17, 15) is 18.0 Å². The third-order valence-corrected chi connectivity index (χ3v) is 3.32. The van der Waals surface area contributed by atoms with Crippen LogP contribution in [0.2, 0.25) is 5.02 Å². The lowest BCUT2D eigenvalue weighted by molar-refractivity contribution is -0.274. The maximum absolute atomic E-state index is 12.2. The molecular weight excluding hydrogens is 359 g/mol. The lowest BCUT2D eigenvalue weighted by atomic mass is 10.0. The summed E-state index contributed by atoms with van der Waals surface area (Å²) in [5.41, 5.74) is 1.58. The van der Waals surface area contributed by atoms with Crippen LogP contribution in [0.1, 0.15) is 11.1 Å². The van der Waals surface area contributed by atoms with Crippen molar-refractivity contribution in [2.24, 2.45) is 4.99 Å². The average Bonchev–Trinajstić information content (AvgIpc) is 2.56. The van der Waals surface area contributed by atoms with Crippen molar-refractivity contribution in [3.05, 3.63) is 64.7 Å². The van der Waals surface area contributed by atoms with Gasteiger partial charge in [-0.15, -0.1) is 13.2 Å². The van der Waals surface area contributed by atoms with Crippen molar-refractivity contribution in [3.63, 3.8) is 0 Å². The predicted octanol–water partition coefficient (Wildman–Crippen LogP) is 4.25. The summed E-state index contributed by atoms with van der Waals surface area (Å²) in [7, 11) is 1.24. The minimum atomic E-state index is -4.76. The number of carbonyl (C=O) groups excluding carboxylic acids is 1. The average molecular weight is 372 g/mol. The molecule has 2 aromatic carbocycles. The van der Waals surface area contributed by atoms with Gasteiger partial charge in [0.2, 0.25) is 0 Å². The van der Waals surface area contributed by atoms with Gasteiger partial charge in [0.05, 0.1) is 12.8 Å². The minimum Gasteiger partial charge on any atom is -0.468 e. The Hall–Kier alpha value is -2.54. The molecule has 0 aliphatic heterocycles. The van der Waals surface area contributed by atoms with Gasteiger partial charge >= 0.3 is 12.3 Å². The van der Waals surface area contributed by atoms with E-state index >= 15 is 0 Å². The Bertz CT molecular complexity index is 756. The quantitative estimate of drug-likeness (QED) is 0.583. The van der Waals surface area contributed by atoms with E-state index in [1.807, 2.05) is 0 Å². The zero-order chi connectivity index (χ0) is 18.4. The highest BCUT2D eigenvalue weighted by Gasteiger charge is 2.31. The fourth-order valence-electron chi connectivity index (χ4n) is 1.98. The van der Waals surface area contributed by atoms with Crippen molar-refractivity contribution >= 4 is 23.3 Å². The van der Waals surface area contributed by atoms with Crippen LogP contribution in [0.5, 0.6) is 5.75 Å². The van der Waals surface area contributed by atoms with E-state index in [-0.39, 0.29) is 12.3 Å². The Morgan fingerprint density at radius 3 is 2.04 bits per heavy atom. The monoisotopic (exact) mass is 371 g/mol. The second-order valence-corrected chi connectivity index (χ2v) is 5.26. The Kier molecular flexibility index (Phi) is 6.03. The van der Waals surface area contributed by atoms with Gasteiger partial charge in [-0.1, -0.05) is 23.7 Å². The molecule has 0 atom stereocenters. The van der Waals surface area contributed by atoms with Crippen LogP contribution in [0.15, 0.2) is 53.5 Å². The zero-order valence-electron chi connectivity index (χ0n) is 13.0. The standard InChI is InChI=1S/C17H13ClF3NO3/c1-24-15(23)10-22-16(11-2-6-13(18)7-3-11)12-4-8-14(9-5-12)25-17(19,20)21/h2-9H,10H2,1H3. The van der Waals surface area contributed by atoms with Gasteiger partial charge in [-0.25, -0.2) is 0 Å². The van der Waals surface area contributed by atoms with Gasteiger partial charge < -0.3 is 9.47 Å². The molecule has 132 valence electrons. The maximum atomic E-state index is 12.2. The van der Waals surface area contributed by atoms with Gasteiger partial charge in [-0.05, 0) is 36.4 Å². The summed E-state index contributed by atoms with van der Waals surface area (Å²) in [5, 5.41) is 0.519. The van der Waals surface area contributed by atoms with E-state index in [4.69, 9.17) is 11.6 Å². The van der Waals surface area contributed by atoms with E-state index in [0.717, 1.165) is 0 Å². The van der Waals surface area contributed by atoms with Gasteiger partial charge in [0.1, 0.15) is 12.3 Å². The Morgan fingerprint density at radius 1 is 1.04 bits per heavy atom. The molecule has 0 saturated carbocycles. The number of hydrogen-bond acceptors (Lipinski definition) is 4. The van der Waals surface area contributed by atoms with Gasteiger partial charge in [-0.3, -0.25) is 9.79 Å². The molecule has 2 aromatic rings. The molecule has 0 bridgehead atoms. The third-order valence-electron chi connectivity index (χ3n) is 3.07. The number of hydrogen-bond donors (Lipinski definition) is 0. The number of alkyl halides is 3. The number of nitrogens with zero attached hydrogens (tertiary/aromatic N) is 1. The van der Waals surface area contributed by atoms with Gasteiger partial charge in [0.15, 0.2) is 0 Å². The fraction of sp³-hybridized carbons (Fsp3) is 0.176. The molecule has 0 aliphatic rings. The van der Waals surface area contributed by atoms with E-state index in [1.165, 1.54) is 31.4 Å². The topological polar surface area (TPSA) is 47.9 Å². The minimum absolute atomic E-state index is 0.227. The first-order chi connectivity index (χ1) is 11.8. The zero-order valence-corrected chi connectivity index (χ0v) is 13.8.